The van der Waals surface area contributed by atoms with Crippen molar-refractivity contribution < 1.29 is 4.79 Å². The summed E-state index contributed by atoms with van der Waals surface area (Å²) in [5.74, 6) is -0.287. The maximum atomic E-state index is 12.1. The van der Waals surface area contributed by atoms with Crippen molar-refractivity contribution in [2.24, 2.45) is 0 Å². The van der Waals surface area contributed by atoms with E-state index in [1.807, 2.05) is 12.3 Å². The van der Waals surface area contributed by atoms with E-state index in [2.05, 4.69) is 36.1 Å². The Morgan fingerprint density at radius 1 is 1.40 bits per heavy atom. The van der Waals surface area contributed by atoms with Crippen LogP contribution in [0.2, 0.25) is 0 Å². The lowest BCUT2D eigenvalue weighted by molar-refractivity contribution is 0.102. The van der Waals surface area contributed by atoms with Gasteiger partial charge in [0.1, 0.15) is 0 Å². The van der Waals surface area contributed by atoms with E-state index in [-0.39, 0.29) is 11.3 Å². The molecule has 0 bridgehead atoms. The van der Waals surface area contributed by atoms with Crippen LogP contribution in [-0.2, 0) is 5.41 Å². The highest BCUT2D eigenvalue weighted by Crippen LogP contribution is 2.26. The molecule has 1 amide bonds. The molecule has 106 valence electrons. The number of nitrogens with one attached hydrogen (secondary N) is 1. The first-order valence-electron chi connectivity index (χ1n) is 6.27. The summed E-state index contributed by atoms with van der Waals surface area (Å²) < 4.78 is 0. The van der Waals surface area contributed by atoms with Gasteiger partial charge in [-0.25, -0.2) is 4.98 Å². The minimum absolute atomic E-state index is 0.0378. The number of nitrogens with two attached hydrogens (primary N) is 1. The lowest BCUT2D eigenvalue weighted by atomic mass is 9.93. The van der Waals surface area contributed by atoms with Gasteiger partial charge >= 0.3 is 0 Å². The largest absolute Gasteiger partial charge is 0.398 e. The minimum atomic E-state index is -0.287. The fourth-order valence-corrected chi connectivity index (χ4v) is 2.54. The molecule has 2 rings (SSSR count). The summed E-state index contributed by atoms with van der Waals surface area (Å²) in [5, 5.41) is 5.28. The lowest BCUT2D eigenvalue weighted by Gasteiger charge is -2.14. The van der Waals surface area contributed by atoms with Gasteiger partial charge in [0.15, 0.2) is 5.13 Å². The molecule has 0 atom stereocenters. The predicted molar refractivity (Wildman–Crippen MR) is 82.2 cm³/mol. The number of thiazole rings is 1. The summed E-state index contributed by atoms with van der Waals surface area (Å²) in [4.78, 5) is 20.6. The Morgan fingerprint density at radius 2 is 2.10 bits per heavy atom. The SMILES string of the molecule is Cc1cc(N)c(C(=O)Nc2nc(C(C)(C)C)cs2)cn1. The third-order valence-electron chi connectivity index (χ3n) is 2.81. The number of aryl methyl sites for hydroxylation is 1. The smallest absolute Gasteiger partial charge is 0.261 e. The molecule has 2 aromatic rings. The van der Waals surface area contributed by atoms with Crippen LogP contribution in [0.1, 0.15) is 42.5 Å². The quantitative estimate of drug-likeness (QED) is 0.891. The number of rotatable bonds is 2. The molecule has 5 nitrogen and oxygen atoms in total. The van der Waals surface area contributed by atoms with Crippen molar-refractivity contribution in [1.29, 1.82) is 0 Å². The topological polar surface area (TPSA) is 80.9 Å². The monoisotopic (exact) mass is 290 g/mol. The van der Waals surface area contributed by atoms with E-state index < -0.39 is 0 Å². The van der Waals surface area contributed by atoms with Gasteiger partial charge in [-0.3, -0.25) is 15.1 Å². The van der Waals surface area contributed by atoms with E-state index in [4.69, 9.17) is 5.73 Å². The van der Waals surface area contributed by atoms with Crippen LogP contribution in [0.5, 0.6) is 0 Å². The first kappa shape index (κ1) is 14.5. The van der Waals surface area contributed by atoms with Crippen molar-refractivity contribution in [1.82, 2.24) is 9.97 Å². The third-order valence-corrected chi connectivity index (χ3v) is 3.57. The van der Waals surface area contributed by atoms with E-state index in [1.54, 1.807) is 6.07 Å². The second kappa shape index (κ2) is 5.20. The Bertz CT molecular complexity index is 643. The maximum absolute atomic E-state index is 12.1. The van der Waals surface area contributed by atoms with E-state index in [0.29, 0.717) is 16.4 Å². The fourth-order valence-electron chi connectivity index (χ4n) is 1.61. The average molecular weight is 290 g/mol. The number of hydrogen-bond acceptors (Lipinski definition) is 5. The maximum Gasteiger partial charge on any atom is 0.261 e. The predicted octanol–water partition coefficient (Wildman–Crippen LogP) is 2.98. The zero-order chi connectivity index (χ0) is 14.9. The first-order valence-corrected chi connectivity index (χ1v) is 7.15. The molecular weight excluding hydrogens is 272 g/mol. The van der Waals surface area contributed by atoms with Crippen molar-refractivity contribution in [3.63, 3.8) is 0 Å². The lowest BCUT2D eigenvalue weighted by Crippen LogP contribution is -2.16. The molecule has 0 aliphatic rings. The standard InChI is InChI=1S/C14H18N4OS/c1-8-5-10(15)9(6-16-8)12(19)18-13-17-11(7-20-13)14(2,3)4/h5-7H,1-4H3,(H2,15,16)(H,17,18,19). The fraction of sp³-hybridized carbons (Fsp3) is 0.357. The number of anilines is 2. The van der Waals surface area contributed by atoms with Crippen LogP contribution in [-0.4, -0.2) is 15.9 Å². The molecule has 6 heteroatoms. The molecule has 20 heavy (non-hydrogen) atoms. The molecule has 0 aromatic carbocycles. The van der Waals surface area contributed by atoms with Crippen LogP contribution in [0.15, 0.2) is 17.6 Å². The number of nitrogen functional groups attached to an aromatic ring is 1. The van der Waals surface area contributed by atoms with Crippen molar-refractivity contribution in [2.45, 2.75) is 33.1 Å². The van der Waals surface area contributed by atoms with Crippen LogP contribution in [0.3, 0.4) is 0 Å². The number of carbonyl (C=O) groups excluding carboxylic acids is 1. The van der Waals surface area contributed by atoms with E-state index in [9.17, 15) is 4.79 Å². The van der Waals surface area contributed by atoms with Gasteiger partial charge in [0, 0.05) is 28.4 Å². The van der Waals surface area contributed by atoms with E-state index in [1.165, 1.54) is 17.5 Å². The second-order valence-electron chi connectivity index (χ2n) is 5.65. The molecule has 0 fully saturated rings. The molecule has 0 saturated carbocycles. The van der Waals surface area contributed by atoms with Gasteiger partial charge in [-0.05, 0) is 13.0 Å². The summed E-state index contributed by atoms with van der Waals surface area (Å²) in [6, 6.07) is 1.68. The molecule has 0 saturated heterocycles. The molecule has 0 radical (unpaired) electrons. The second-order valence-corrected chi connectivity index (χ2v) is 6.51. The molecule has 0 aliphatic heterocycles. The number of nitrogens with zero attached hydrogens (tertiary/aromatic N) is 2. The molecule has 3 N–H and O–H groups in total. The molecule has 2 heterocycles. The zero-order valence-corrected chi connectivity index (χ0v) is 12.8. The molecule has 0 aliphatic carbocycles. The summed E-state index contributed by atoms with van der Waals surface area (Å²) in [6.45, 7) is 8.06. The van der Waals surface area contributed by atoms with Crippen molar-refractivity contribution >= 4 is 28.1 Å². The summed E-state index contributed by atoms with van der Waals surface area (Å²) >= 11 is 1.40. The van der Waals surface area contributed by atoms with Gasteiger partial charge in [0.2, 0.25) is 0 Å². The number of amides is 1. The Balaban J connectivity index is 2.17. The first-order chi connectivity index (χ1) is 9.27. The number of hydrogen-bond donors (Lipinski definition) is 2. The van der Waals surface area contributed by atoms with Crippen molar-refractivity contribution in [3.8, 4) is 0 Å². The third kappa shape index (κ3) is 3.14. The summed E-state index contributed by atoms with van der Waals surface area (Å²) in [7, 11) is 0. The Labute approximate surface area is 122 Å². The van der Waals surface area contributed by atoms with Gasteiger partial charge in [0.05, 0.1) is 11.3 Å². The minimum Gasteiger partial charge on any atom is -0.398 e. The summed E-state index contributed by atoms with van der Waals surface area (Å²) in [6.07, 6.45) is 1.48. The summed E-state index contributed by atoms with van der Waals surface area (Å²) in [5.41, 5.74) is 8.31. The van der Waals surface area contributed by atoms with Crippen molar-refractivity contribution in [3.05, 3.63) is 34.6 Å². The zero-order valence-electron chi connectivity index (χ0n) is 12.0. The highest BCUT2D eigenvalue weighted by Gasteiger charge is 2.19. The van der Waals surface area contributed by atoms with E-state index in [0.717, 1.165) is 11.4 Å². The molecular formula is C14H18N4OS. The highest BCUT2D eigenvalue weighted by atomic mass is 32.1. The molecule has 0 spiro atoms. The van der Waals surface area contributed by atoms with E-state index >= 15 is 0 Å². The van der Waals surface area contributed by atoms with Gasteiger partial charge < -0.3 is 5.73 Å². The van der Waals surface area contributed by atoms with Crippen LogP contribution in [0.25, 0.3) is 0 Å². The van der Waals surface area contributed by atoms with Gasteiger partial charge in [-0.1, -0.05) is 20.8 Å². The van der Waals surface area contributed by atoms with Crippen LogP contribution >= 0.6 is 11.3 Å². The molecule has 0 unspecified atom stereocenters. The highest BCUT2D eigenvalue weighted by molar-refractivity contribution is 7.14. The molecule has 2 aromatic heterocycles. The number of pyridine rings is 1. The van der Waals surface area contributed by atoms with Crippen LogP contribution < -0.4 is 11.1 Å². The Morgan fingerprint density at radius 3 is 2.65 bits per heavy atom. The number of carbonyl (C=O) groups is 1. The Hall–Kier alpha value is -1.95. The van der Waals surface area contributed by atoms with Crippen molar-refractivity contribution in [2.75, 3.05) is 11.1 Å². The van der Waals surface area contributed by atoms with Gasteiger partial charge in [-0.15, -0.1) is 11.3 Å². The number of aromatic nitrogens is 2. The Kier molecular flexibility index (Phi) is 3.76. The van der Waals surface area contributed by atoms with Gasteiger partial charge in [0.25, 0.3) is 5.91 Å². The van der Waals surface area contributed by atoms with Gasteiger partial charge in [-0.2, -0.15) is 0 Å². The average Bonchev–Trinajstić information content (AvgIpc) is 2.76. The normalized spacial score (nSPS) is 11.4. The van der Waals surface area contributed by atoms with Crippen LogP contribution in [0.4, 0.5) is 10.8 Å². The van der Waals surface area contributed by atoms with Crippen LogP contribution in [0, 0.1) is 6.92 Å².